The molecule has 1 saturated heterocycles. The molecular formula is C12H16Cl2N2O2S. The Balaban J connectivity index is 2.27. The van der Waals surface area contributed by atoms with E-state index < -0.39 is 10.0 Å². The Hall–Kier alpha value is -0.330. The van der Waals surface area contributed by atoms with E-state index in [4.69, 9.17) is 23.2 Å². The SMILES string of the molecule is CC1CNCCC1NS(=O)(=O)c1c(Cl)cccc1Cl. The number of hydrogen-bond acceptors (Lipinski definition) is 3. The first-order valence-corrected chi connectivity index (χ1v) is 8.33. The van der Waals surface area contributed by atoms with E-state index in [2.05, 4.69) is 10.0 Å². The lowest BCUT2D eigenvalue weighted by molar-refractivity contribution is 0.328. The number of hydrogen-bond donors (Lipinski definition) is 2. The maximum Gasteiger partial charge on any atom is 0.243 e. The van der Waals surface area contributed by atoms with Gasteiger partial charge in [0.25, 0.3) is 0 Å². The zero-order chi connectivity index (χ0) is 14.0. The molecule has 0 saturated carbocycles. The van der Waals surface area contributed by atoms with E-state index in [1.54, 1.807) is 6.07 Å². The molecule has 1 fully saturated rings. The zero-order valence-electron chi connectivity index (χ0n) is 10.5. The van der Waals surface area contributed by atoms with Gasteiger partial charge in [0.05, 0.1) is 10.0 Å². The molecule has 19 heavy (non-hydrogen) atoms. The summed E-state index contributed by atoms with van der Waals surface area (Å²) in [4.78, 5) is -0.0379. The van der Waals surface area contributed by atoms with E-state index in [0.717, 1.165) is 19.5 Å². The number of sulfonamides is 1. The van der Waals surface area contributed by atoms with Gasteiger partial charge in [-0.2, -0.15) is 0 Å². The highest BCUT2D eigenvalue weighted by Crippen LogP contribution is 2.29. The number of benzene rings is 1. The first-order chi connectivity index (χ1) is 8.92. The van der Waals surface area contributed by atoms with Crippen molar-refractivity contribution >= 4 is 33.2 Å². The summed E-state index contributed by atoms with van der Waals surface area (Å²) in [6.45, 7) is 3.60. The molecule has 0 bridgehead atoms. The van der Waals surface area contributed by atoms with Gasteiger partial charge in [0.2, 0.25) is 10.0 Å². The Kier molecular flexibility index (Phi) is 4.74. The lowest BCUT2D eigenvalue weighted by Gasteiger charge is -2.30. The number of halogens is 2. The fourth-order valence-electron chi connectivity index (χ4n) is 2.19. The van der Waals surface area contributed by atoms with Gasteiger partial charge in [0.15, 0.2) is 0 Å². The highest BCUT2D eigenvalue weighted by atomic mass is 35.5. The second-order valence-electron chi connectivity index (χ2n) is 4.75. The quantitative estimate of drug-likeness (QED) is 0.897. The largest absolute Gasteiger partial charge is 0.316 e. The molecule has 0 aliphatic carbocycles. The molecule has 106 valence electrons. The van der Waals surface area contributed by atoms with Gasteiger partial charge in [-0.1, -0.05) is 36.2 Å². The number of rotatable bonds is 3. The van der Waals surface area contributed by atoms with Crippen LogP contribution < -0.4 is 10.0 Å². The molecule has 0 radical (unpaired) electrons. The molecule has 1 heterocycles. The summed E-state index contributed by atoms with van der Waals surface area (Å²) in [6, 6.07) is 4.57. The molecule has 0 spiro atoms. The third kappa shape index (κ3) is 3.41. The molecule has 1 aromatic carbocycles. The van der Waals surface area contributed by atoms with Gasteiger partial charge in [-0.15, -0.1) is 0 Å². The first-order valence-electron chi connectivity index (χ1n) is 6.09. The summed E-state index contributed by atoms with van der Waals surface area (Å²) >= 11 is 11.9. The smallest absolute Gasteiger partial charge is 0.243 e. The molecular weight excluding hydrogens is 307 g/mol. The van der Waals surface area contributed by atoms with Crippen molar-refractivity contribution in [3.63, 3.8) is 0 Å². The predicted octanol–water partition coefficient (Wildman–Crippen LogP) is 2.27. The Labute approximate surface area is 123 Å². The van der Waals surface area contributed by atoms with Crippen molar-refractivity contribution in [3.8, 4) is 0 Å². The van der Waals surface area contributed by atoms with Crippen LogP contribution in [-0.4, -0.2) is 27.5 Å². The molecule has 1 aromatic rings. The van der Waals surface area contributed by atoms with Crippen molar-refractivity contribution in [3.05, 3.63) is 28.2 Å². The van der Waals surface area contributed by atoms with E-state index in [1.807, 2.05) is 6.92 Å². The normalized spacial score (nSPS) is 24.4. The van der Waals surface area contributed by atoms with Gasteiger partial charge in [-0.05, 0) is 37.6 Å². The maximum absolute atomic E-state index is 12.4. The Bertz CT molecular complexity index is 543. The van der Waals surface area contributed by atoms with Crippen LogP contribution >= 0.6 is 23.2 Å². The van der Waals surface area contributed by atoms with Crippen molar-refractivity contribution in [2.24, 2.45) is 5.92 Å². The average Bonchev–Trinajstić information content (AvgIpc) is 2.31. The molecule has 1 aliphatic rings. The van der Waals surface area contributed by atoms with Crippen molar-refractivity contribution < 1.29 is 8.42 Å². The van der Waals surface area contributed by atoms with Crippen LogP contribution in [0, 0.1) is 5.92 Å². The van der Waals surface area contributed by atoms with Gasteiger partial charge in [-0.25, -0.2) is 13.1 Å². The Morgan fingerprint density at radius 3 is 2.53 bits per heavy atom. The molecule has 2 N–H and O–H groups in total. The standard InChI is InChI=1S/C12H16Cl2N2O2S/c1-8-7-15-6-5-11(8)16-19(17,18)12-9(13)3-2-4-10(12)14/h2-4,8,11,15-16H,5-7H2,1H3. The number of nitrogens with one attached hydrogen (secondary N) is 2. The average molecular weight is 323 g/mol. The van der Waals surface area contributed by atoms with Crippen molar-refractivity contribution in [1.82, 2.24) is 10.0 Å². The molecule has 0 amide bonds. The summed E-state index contributed by atoms with van der Waals surface area (Å²) in [7, 11) is -3.70. The fraction of sp³-hybridized carbons (Fsp3) is 0.500. The highest BCUT2D eigenvalue weighted by Gasteiger charge is 2.29. The molecule has 2 atom stereocenters. The van der Waals surface area contributed by atoms with Crippen LogP contribution in [0.5, 0.6) is 0 Å². The minimum Gasteiger partial charge on any atom is -0.316 e. The maximum atomic E-state index is 12.4. The Morgan fingerprint density at radius 1 is 1.32 bits per heavy atom. The topological polar surface area (TPSA) is 58.2 Å². The van der Waals surface area contributed by atoms with Crippen LogP contribution in [-0.2, 0) is 10.0 Å². The zero-order valence-corrected chi connectivity index (χ0v) is 12.8. The third-order valence-electron chi connectivity index (χ3n) is 3.28. The van der Waals surface area contributed by atoms with Crippen LogP contribution in [0.25, 0.3) is 0 Å². The van der Waals surface area contributed by atoms with E-state index in [1.165, 1.54) is 12.1 Å². The number of piperidine rings is 1. The van der Waals surface area contributed by atoms with Gasteiger partial charge in [0, 0.05) is 6.04 Å². The van der Waals surface area contributed by atoms with Crippen LogP contribution in [0.3, 0.4) is 0 Å². The second-order valence-corrected chi connectivity index (χ2v) is 7.21. The highest BCUT2D eigenvalue weighted by molar-refractivity contribution is 7.89. The van der Waals surface area contributed by atoms with Gasteiger partial charge >= 0.3 is 0 Å². The van der Waals surface area contributed by atoms with E-state index in [0.29, 0.717) is 0 Å². The van der Waals surface area contributed by atoms with Crippen molar-refractivity contribution in [2.45, 2.75) is 24.3 Å². The lowest BCUT2D eigenvalue weighted by atomic mass is 9.97. The predicted molar refractivity (Wildman–Crippen MR) is 77.2 cm³/mol. The fourth-order valence-corrected chi connectivity index (χ4v) is 4.71. The minimum absolute atomic E-state index is 0.0379. The van der Waals surface area contributed by atoms with Gasteiger partial charge in [0.1, 0.15) is 4.90 Å². The Morgan fingerprint density at radius 2 is 1.95 bits per heavy atom. The van der Waals surface area contributed by atoms with Crippen molar-refractivity contribution in [2.75, 3.05) is 13.1 Å². The molecule has 4 nitrogen and oxygen atoms in total. The summed E-state index contributed by atoms with van der Waals surface area (Å²) in [6.07, 6.45) is 0.752. The molecule has 1 aliphatic heterocycles. The van der Waals surface area contributed by atoms with E-state index >= 15 is 0 Å². The van der Waals surface area contributed by atoms with Crippen molar-refractivity contribution in [1.29, 1.82) is 0 Å². The van der Waals surface area contributed by atoms with Crippen LogP contribution in [0.4, 0.5) is 0 Å². The van der Waals surface area contributed by atoms with E-state index in [-0.39, 0.29) is 26.9 Å². The summed E-state index contributed by atoms with van der Waals surface area (Å²) < 4.78 is 27.5. The monoisotopic (exact) mass is 322 g/mol. The van der Waals surface area contributed by atoms with Crippen LogP contribution in [0.1, 0.15) is 13.3 Å². The third-order valence-corrected chi connectivity index (χ3v) is 5.72. The van der Waals surface area contributed by atoms with Gasteiger partial charge < -0.3 is 5.32 Å². The minimum atomic E-state index is -3.70. The summed E-state index contributed by atoms with van der Waals surface area (Å²) in [5.74, 6) is 0.227. The summed E-state index contributed by atoms with van der Waals surface area (Å²) in [5.41, 5.74) is 0. The second kappa shape index (κ2) is 5.97. The van der Waals surface area contributed by atoms with E-state index in [9.17, 15) is 8.42 Å². The van der Waals surface area contributed by atoms with Gasteiger partial charge in [-0.3, -0.25) is 0 Å². The molecule has 2 rings (SSSR count). The molecule has 7 heteroatoms. The van der Waals surface area contributed by atoms with Crippen LogP contribution in [0.2, 0.25) is 10.0 Å². The first kappa shape index (κ1) is 15.1. The lowest BCUT2D eigenvalue weighted by Crippen LogP contribution is -2.48. The summed E-state index contributed by atoms with van der Waals surface area (Å²) in [5, 5.41) is 3.51. The van der Waals surface area contributed by atoms with Crippen LogP contribution in [0.15, 0.2) is 23.1 Å². The molecule has 2 unspecified atom stereocenters. The molecule has 0 aromatic heterocycles.